The van der Waals surface area contributed by atoms with Crippen LogP contribution in [0.15, 0.2) is 70.9 Å². The molecule has 0 unspecified atom stereocenters. The Balaban J connectivity index is 2.39. The summed E-state index contributed by atoms with van der Waals surface area (Å²) < 4.78 is 0. The van der Waals surface area contributed by atoms with E-state index in [9.17, 15) is 24.9 Å². The van der Waals surface area contributed by atoms with Gasteiger partial charge in [0.25, 0.3) is 0 Å². The van der Waals surface area contributed by atoms with Crippen LogP contribution < -0.4 is 0 Å². The molecule has 2 aliphatic rings. The van der Waals surface area contributed by atoms with Gasteiger partial charge in [-0.25, -0.2) is 0 Å². The zero-order valence-corrected chi connectivity index (χ0v) is 28.6. The van der Waals surface area contributed by atoms with E-state index in [1.807, 2.05) is 68.4 Å². The quantitative estimate of drug-likeness (QED) is 0.0571. The van der Waals surface area contributed by atoms with Gasteiger partial charge in [-0.3, -0.25) is 14.4 Å². The van der Waals surface area contributed by atoms with Gasteiger partial charge in [-0.05, 0) is 122 Å². The summed E-state index contributed by atoms with van der Waals surface area (Å²) in [5, 5.41) is 31.8. The molecule has 0 aliphatic heterocycles. The normalized spacial score (nSPS) is 25.7. The number of carbonyl (C=O) groups is 3. The van der Waals surface area contributed by atoms with Crippen molar-refractivity contribution in [2.45, 2.75) is 101 Å². The fraction of sp³-hybridized carbons (Fsp3) is 0.513. The fourth-order valence-electron chi connectivity index (χ4n) is 7.25. The van der Waals surface area contributed by atoms with E-state index in [0.717, 1.165) is 29.2 Å². The molecule has 1 aromatic carbocycles. The predicted molar refractivity (Wildman–Crippen MR) is 181 cm³/mol. The van der Waals surface area contributed by atoms with Crippen molar-refractivity contribution in [2.24, 2.45) is 28.1 Å². The maximum atomic E-state index is 15.1. The van der Waals surface area contributed by atoms with Crippen LogP contribution in [0.25, 0.3) is 5.76 Å². The summed E-state index contributed by atoms with van der Waals surface area (Å²) in [6.07, 6.45) is 8.61. The van der Waals surface area contributed by atoms with Crippen molar-refractivity contribution in [3.63, 3.8) is 0 Å². The number of allylic oxidation sites excluding steroid dienone is 8. The van der Waals surface area contributed by atoms with Crippen molar-refractivity contribution in [3.8, 4) is 11.5 Å². The summed E-state index contributed by atoms with van der Waals surface area (Å²) >= 11 is 0. The van der Waals surface area contributed by atoms with Gasteiger partial charge in [-0.2, -0.15) is 0 Å². The number of phenols is 2. The third-order valence-corrected chi connectivity index (χ3v) is 10.4. The number of aromatic hydroxyl groups is 2. The van der Waals surface area contributed by atoms with E-state index in [0.29, 0.717) is 12.8 Å². The number of phenolic OH excluding ortho intramolecular Hbond substituents is 2. The molecule has 45 heavy (non-hydrogen) atoms. The highest BCUT2D eigenvalue weighted by Gasteiger charge is 2.73. The molecule has 0 saturated heterocycles. The number of aliphatic hydroxyl groups is 1. The molecule has 1 aromatic rings. The number of aliphatic hydroxyl groups excluding tert-OH is 1. The molecule has 2 aliphatic carbocycles. The van der Waals surface area contributed by atoms with Crippen LogP contribution in [0.2, 0.25) is 0 Å². The van der Waals surface area contributed by atoms with Crippen LogP contribution in [0, 0.1) is 28.1 Å². The molecule has 2 fully saturated rings. The molecule has 6 nitrogen and oxygen atoms in total. The number of benzene rings is 1. The van der Waals surface area contributed by atoms with Crippen molar-refractivity contribution in [3.05, 3.63) is 76.4 Å². The number of carbonyl (C=O) groups excluding carboxylic acids is 3. The monoisotopic (exact) mass is 616 g/mol. The van der Waals surface area contributed by atoms with Crippen LogP contribution in [0.4, 0.5) is 0 Å². The predicted octanol–water partition coefficient (Wildman–Crippen LogP) is 9.15. The first kappa shape index (κ1) is 35.8. The van der Waals surface area contributed by atoms with Crippen molar-refractivity contribution >= 4 is 23.1 Å². The highest BCUT2D eigenvalue weighted by molar-refractivity contribution is 6.41. The summed E-state index contributed by atoms with van der Waals surface area (Å²) in [5.74, 6) is -3.29. The lowest BCUT2D eigenvalue weighted by Gasteiger charge is -2.60. The number of hydrogen-bond acceptors (Lipinski definition) is 6. The molecule has 0 aromatic heterocycles. The summed E-state index contributed by atoms with van der Waals surface area (Å²) in [6, 6.07) is 3.66. The molecule has 3 rings (SSSR count). The van der Waals surface area contributed by atoms with Gasteiger partial charge >= 0.3 is 0 Å². The topological polar surface area (TPSA) is 112 Å². The van der Waals surface area contributed by atoms with Gasteiger partial charge in [0.2, 0.25) is 0 Å². The minimum atomic E-state index is -1.60. The number of Topliss-reactive ketones (excluding diaryl/α,β-unsaturated/α-hetero) is 3. The van der Waals surface area contributed by atoms with Crippen LogP contribution in [0.1, 0.15) is 106 Å². The molecule has 0 spiro atoms. The molecule has 2 saturated carbocycles. The van der Waals surface area contributed by atoms with E-state index in [1.165, 1.54) is 17.7 Å². The maximum Gasteiger partial charge on any atom is 0.184 e. The minimum absolute atomic E-state index is 0.0178. The summed E-state index contributed by atoms with van der Waals surface area (Å²) in [5.41, 5.74) is -0.176. The number of fused-ring (bicyclic) bond motifs is 2. The molecule has 3 N–H and O–H groups in total. The van der Waals surface area contributed by atoms with E-state index in [1.54, 1.807) is 0 Å². The highest BCUT2D eigenvalue weighted by Crippen LogP contribution is 2.66. The Bertz CT molecular complexity index is 1500. The summed E-state index contributed by atoms with van der Waals surface area (Å²) in [4.78, 5) is 44.9. The minimum Gasteiger partial charge on any atom is -0.506 e. The van der Waals surface area contributed by atoms with Gasteiger partial charge in [0, 0.05) is 5.56 Å². The van der Waals surface area contributed by atoms with E-state index < -0.39 is 50.6 Å². The Morgan fingerprint density at radius 2 is 1.51 bits per heavy atom. The van der Waals surface area contributed by atoms with Gasteiger partial charge in [0.05, 0.1) is 5.41 Å². The van der Waals surface area contributed by atoms with E-state index in [2.05, 4.69) is 18.7 Å². The molecular formula is C39H52O6. The van der Waals surface area contributed by atoms with Crippen molar-refractivity contribution in [2.75, 3.05) is 0 Å². The Hall–Kier alpha value is -3.67. The van der Waals surface area contributed by atoms with Gasteiger partial charge in [0.1, 0.15) is 16.7 Å². The zero-order valence-electron chi connectivity index (χ0n) is 28.6. The van der Waals surface area contributed by atoms with E-state index in [4.69, 9.17) is 0 Å². The van der Waals surface area contributed by atoms with Crippen molar-refractivity contribution in [1.29, 1.82) is 0 Å². The maximum absolute atomic E-state index is 15.1. The summed E-state index contributed by atoms with van der Waals surface area (Å²) in [6.45, 7) is 22.0. The SMILES string of the molecule is C=C(C)[C@H](CC=C(C)C)CC[C@]12C[C@@H](CC=C(C)C)C(C)(C)[C@](CC=C(C)C)(C(=O)C(=C(O)c3ccc(O)c(O)c3)C1=O)C2=O. The van der Waals surface area contributed by atoms with E-state index >= 15 is 4.79 Å². The molecular weight excluding hydrogens is 564 g/mol. The van der Waals surface area contributed by atoms with Crippen molar-refractivity contribution < 1.29 is 29.7 Å². The zero-order chi connectivity index (χ0) is 34.1. The second-order valence-electron chi connectivity index (χ2n) is 14.6. The van der Waals surface area contributed by atoms with Gasteiger partial charge < -0.3 is 15.3 Å². The Morgan fingerprint density at radius 1 is 0.911 bits per heavy atom. The summed E-state index contributed by atoms with van der Waals surface area (Å²) in [7, 11) is 0. The highest BCUT2D eigenvalue weighted by atomic mass is 16.3. The Morgan fingerprint density at radius 3 is 2.04 bits per heavy atom. The average molecular weight is 617 g/mol. The molecule has 0 radical (unpaired) electrons. The first-order valence-electron chi connectivity index (χ1n) is 16.0. The largest absolute Gasteiger partial charge is 0.506 e. The number of ketones is 3. The van der Waals surface area contributed by atoms with Gasteiger partial charge in [0.15, 0.2) is 28.8 Å². The molecule has 6 heteroatoms. The molecule has 2 bridgehead atoms. The third kappa shape index (κ3) is 6.52. The van der Waals surface area contributed by atoms with E-state index in [-0.39, 0.29) is 42.4 Å². The first-order chi connectivity index (χ1) is 20.8. The lowest BCUT2D eigenvalue weighted by molar-refractivity contribution is -0.177. The van der Waals surface area contributed by atoms with Crippen LogP contribution >= 0.6 is 0 Å². The fourth-order valence-corrected chi connectivity index (χ4v) is 7.25. The van der Waals surface area contributed by atoms with Gasteiger partial charge in [-0.1, -0.05) is 60.9 Å². The lowest BCUT2D eigenvalue weighted by atomic mass is 9.38. The van der Waals surface area contributed by atoms with Crippen LogP contribution in [0.5, 0.6) is 11.5 Å². The first-order valence-corrected chi connectivity index (χ1v) is 16.0. The van der Waals surface area contributed by atoms with Crippen LogP contribution in [-0.2, 0) is 14.4 Å². The third-order valence-electron chi connectivity index (χ3n) is 10.4. The number of hydrogen-bond donors (Lipinski definition) is 3. The Labute approximate surface area is 269 Å². The second-order valence-corrected chi connectivity index (χ2v) is 14.6. The van der Waals surface area contributed by atoms with Crippen molar-refractivity contribution in [1.82, 2.24) is 0 Å². The average Bonchev–Trinajstić information content (AvgIpc) is 2.93. The molecule has 4 atom stereocenters. The van der Waals surface area contributed by atoms with Crippen LogP contribution in [0.3, 0.4) is 0 Å². The smallest absolute Gasteiger partial charge is 0.184 e. The second kappa shape index (κ2) is 13.4. The number of rotatable bonds is 11. The Kier molecular flexibility index (Phi) is 10.6. The molecule has 0 amide bonds. The van der Waals surface area contributed by atoms with Gasteiger partial charge in [-0.15, -0.1) is 0 Å². The standard InChI is InChI=1S/C39H52O6/c1-23(2)11-13-27(26(7)8)18-19-38-22-29(15-12-24(3)4)37(9,10)39(36(38)45,20-17-25(5)6)35(44)32(34(38)43)33(42)28-14-16-30(40)31(41)21-28/h11-12,14,16-17,21,27,29,40-42H,7,13,15,18-20,22H2,1-6,8-10H3/t27-,29-,38+,39-/m1/s1. The molecule has 244 valence electrons. The lowest BCUT2D eigenvalue weighted by Crippen LogP contribution is -2.69. The molecule has 0 heterocycles. The van der Waals surface area contributed by atoms with Crippen LogP contribution in [-0.4, -0.2) is 32.7 Å².